The van der Waals surface area contributed by atoms with Crippen LogP contribution < -0.4 is 0 Å². The van der Waals surface area contributed by atoms with Crippen LogP contribution in [0.15, 0.2) is 0 Å². The molecule has 2 nitrogen and oxygen atoms in total. The molecule has 0 aromatic carbocycles. The zero-order valence-corrected chi connectivity index (χ0v) is 8.47. The molecule has 0 aromatic rings. The SMILES string of the molecule is CN1CCC2(CCN2I)C1. The summed E-state index contributed by atoms with van der Waals surface area (Å²) < 4.78 is 2.48. The molecule has 1 spiro atoms. The average Bonchev–Trinajstić information content (AvgIpc) is 2.31. The van der Waals surface area contributed by atoms with Crippen LogP contribution >= 0.6 is 22.9 Å². The zero-order valence-electron chi connectivity index (χ0n) is 6.31. The molecule has 0 saturated carbocycles. The Morgan fingerprint density at radius 2 is 2.00 bits per heavy atom. The molecular formula is C7H13IN2. The molecule has 2 aliphatic heterocycles. The van der Waals surface area contributed by atoms with Crippen LogP contribution in [0.25, 0.3) is 0 Å². The molecule has 2 aliphatic rings. The monoisotopic (exact) mass is 252 g/mol. The second-order valence-electron chi connectivity index (χ2n) is 3.55. The topological polar surface area (TPSA) is 6.48 Å². The Morgan fingerprint density at radius 1 is 1.30 bits per heavy atom. The van der Waals surface area contributed by atoms with Gasteiger partial charge in [-0.3, -0.25) is 0 Å². The quantitative estimate of drug-likeness (QED) is 0.471. The smallest absolute Gasteiger partial charge is 0.0456 e. The molecule has 0 aliphatic carbocycles. The first kappa shape index (κ1) is 7.31. The van der Waals surface area contributed by atoms with Crippen molar-refractivity contribution in [1.82, 2.24) is 8.01 Å². The highest BCUT2D eigenvalue weighted by Gasteiger charge is 2.47. The maximum atomic E-state index is 2.48. The van der Waals surface area contributed by atoms with Gasteiger partial charge in [-0.25, -0.2) is 3.11 Å². The minimum Gasteiger partial charge on any atom is -0.304 e. The summed E-state index contributed by atoms with van der Waals surface area (Å²) in [6, 6.07) is 0. The van der Waals surface area contributed by atoms with E-state index in [2.05, 4.69) is 37.9 Å². The van der Waals surface area contributed by atoms with Gasteiger partial charge in [-0.2, -0.15) is 0 Å². The molecule has 2 rings (SSSR count). The highest BCUT2D eigenvalue weighted by molar-refractivity contribution is 14.1. The lowest BCUT2D eigenvalue weighted by Crippen LogP contribution is -2.55. The number of nitrogens with zero attached hydrogens (tertiary/aromatic N) is 2. The van der Waals surface area contributed by atoms with Crippen molar-refractivity contribution in [3.8, 4) is 0 Å². The van der Waals surface area contributed by atoms with Crippen molar-refractivity contribution in [3.05, 3.63) is 0 Å². The summed E-state index contributed by atoms with van der Waals surface area (Å²) in [7, 11) is 2.22. The van der Waals surface area contributed by atoms with Crippen molar-refractivity contribution in [2.45, 2.75) is 18.4 Å². The molecule has 2 saturated heterocycles. The van der Waals surface area contributed by atoms with E-state index in [0.717, 1.165) is 0 Å². The van der Waals surface area contributed by atoms with E-state index < -0.39 is 0 Å². The number of likely N-dealkylation sites (tertiary alicyclic amines) is 1. The normalized spacial score (nSPS) is 42.6. The summed E-state index contributed by atoms with van der Waals surface area (Å²) in [6.45, 7) is 3.88. The minimum atomic E-state index is 0.593. The first-order chi connectivity index (χ1) is 4.73. The van der Waals surface area contributed by atoms with Crippen LogP contribution in [0, 0.1) is 0 Å². The first-order valence-corrected chi connectivity index (χ1v) is 4.81. The molecular weight excluding hydrogens is 239 g/mol. The molecule has 0 aromatic heterocycles. The first-order valence-electron chi connectivity index (χ1n) is 3.85. The molecule has 0 radical (unpaired) electrons. The third kappa shape index (κ3) is 0.905. The van der Waals surface area contributed by atoms with E-state index in [4.69, 9.17) is 0 Å². The summed E-state index contributed by atoms with van der Waals surface area (Å²) in [6.07, 6.45) is 2.80. The molecule has 10 heavy (non-hydrogen) atoms. The summed E-state index contributed by atoms with van der Waals surface area (Å²) in [5.74, 6) is 0. The van der Waals surface area contributed by atoms with Gasteiger partial charge in [0.2, 0.25) is 0 Å². The largest absolute Gasteiger partial charge is 0.304 e. The van der Waals surface area contributed by atoms with Crippen molar-refractivity contribution in [1.29, 1.82) is 0 Å². The Kier molecular flexibility index (Phi) is 1.69. The van der Waals surface area contributed by atoms with Gasteiger partial charge in [-0.05, 0) is 26.4 Å². The van der Waals surface area contributed by atoms with Crippen LogP contribution in [-0.2, 0) is 0 Å². The molecule has 0 N–H and O–H groups in total. The van der Waals surface area contributed by atoms with Gasteiger partial charge < -0.3 is 4.90 Å². The third-order valence-corrected chi connectivity index (χ3v) is 4.32. The Balaban J connectivity index is 2.04. The van der Waals surface area contributed by atoms with Gasteiger partial charge >= 0.3 is 0 Å². The fraction of sp³-hybridized carbons (Fsp3) is 1.00. The van der Waals surface area contributed by atoms with Crippen LogP contribution in [0.3, 0.4) is 0 Å². The van der Waals surface area contributed by atoms with E-state index in [1.807, 2.05) is 0 Å². The van der Waals surface area contributed by atoms with Gasteiger partial charge in [0.25, 0.3) is 0 Å². The second kappa shape index (κ2) is 2.32. The van der Waals surface area contributed by atoms with Gasteiger partial charge in [0.1, 0.15) is 0 Å². The highest BCUT2D eigenvalue weighted by atomic mass is 127. The van der Waals surface area contributed by atoms with Crippen LogP contribution in [0.1, 0.15) is 12.8 Å². The van der Waals surface area contributed by atoms with E-state index in [1.165, 1.54) is 32.5 Å². The number of hydrogen-bond acceptors (Lipinski definition) is 2. The summed E-state index contributed by atoms with van der Waals surface area (Å²) in [5.41, 5.74) is 0.593. The third-order valence-electron chi connectivity index (χ3n) is 2.81. The van der Waals surface area contributed by atoms with Crippen molar-refractivity contribution in [3.63, 3.8) is 0 Å². The van der Waals surface area contributed by atoms with Gasteiger partial charge in [-0.15, -0.1) is 0 Å². The van der Waals surface area contributed by atoms with E-state index in [1.54, 1.807) is 0 Å². The standard InChI is InChI=1S/C7H13IN2/c1-9-4-2-7(6-9)3-5-10(7)8/h2-6H2,1H3. The Labute approximate surface area is 76.1 Å². The van der Waals surface area contributed by atoms with E-state index in [9.17, 15) is 0 Å². The van der Waals surface area contributed by atoms with Gasteiger partial charge in [0.05, 0.1) is 0 Å². The Hall–Kier alpha value is 0.650. The molecule has 1 atom stereocenters. The lowest BCUT2D eigenvalue weighted by Gasteiger charge is -2.46. The van der Waals surface area contributed by atoms with Crippen LogP contribution in [0.2, 0.25) is 0 Å². The summed E-state index contributed by atoms with van der Waals surface area (Å²) >= 11 is 2.46. The molecule has 1 unspecified atom stereocenters. The second-order valence-corrected chi connectivity index (χ2v) is 4.71. The maximum Gasteiger partial charge on any atom is 0.0456 e. The lowest BCUT2D eigenvalue weighted by molar-refractivity contribution is 0.115. The number of rotatable bonds is 0. The zero-order chi connectivity index (χ0) is 7.19. The van der Waals surface area contributed by atoms with Crippen LogP contribution in [0.4, 0.5) is 0 Å². The Bertz CT molecular complexity index is 151. The number of hydrogen-bond donors (Lipinski definition) is 0. The molecule has 3 heteroatoms. The number of halogens is 1. The van der Waals surface area contributed by atoms with Crippen molar-refractivity contribution in [2.75, 3.05) is 26.7 Å². The van der Waals surface area contributed by atoms with E-state index in [0.29, 0.717) is 5.54 Å². The molecule has 2 heterocycles. The van der Waals surface area contributed by atoms with Crippen LogP contribution in [-0.4, -0.2) is 40.2 Å². The number of likely N-dealkylation sites (N-methyl/N-ethyl adjacent to an activating group) is 1. The lowest BCUT2D eigenvalue weighted by atomic mass is 9.87. The predicted molar refractivity (Wildman–Crippen MR) is 50.2 cm³/mol. The van der Waals surface area contributed by atoms with Crippen molar-refractivity contribution >= 4 is 22.9 Å². The maximum absolute atomic E-state index is 2.48. The predicted octanol–water partition coefficient (Wildman–Crippen LogP) is 1.12. The average molecular weight is 252 g/mol. The van der Waals surface area contributed by atoms with Crippen molar-refractivity contribution in [2.24, 2.45) is 0 Å². The van der Waals surface area contributed by atoms with Crippen LogP contribution in [0.5, 0.6) is 0 Å². The molecule has 2 fully saturated rings. The molecule has 0 amide bonds. The summed E-state index contributed by atoms with van der Waals surface area (Å²) in [5, 5.41) is 0. The minimum absolute atomic E-state index is 0.593. The fourth-order valence-corrected chi connectivity index (χ4v) is 2.85. The van der Waals surface area contributed by atoms with Gasteiger partial charge in [0, 0.05) is 41.5 Å². The van der Waals surface area contributed by atoms with Crippen molar-refractivity contribution < 1.29 is 0 Å². The fourth-order valence-electron chi connectivity index (χ4n) is 1.97. The van der Waals surface area contributed by atoms with E-state index in [-0.39, 0.29) is 0 Å². The molecule has 58 valence electrons. The van der Waals surface area contributed by atoms with Gasteiger partial charge in [-0.1, -0.05) is 0 Å². The Morgan fingerprint density at radius 3 is 2.20 bits per heavy atom. The molecule has 0 bridgehead atoms. The highest BCUT2D eigenvalue weighted by Crippen LogP contribution is 2.40. The summed E-state index contributed by atoms with van der Waals surface area (Å²) in [4.78, 5) is 2.44. The van der Waals surface area contributed by atoms with Gasteiger partial charge in [0.15, 0.2) is 0 Å². The van der Waals surface area contributed by atoms with E-state index >= 15 is 0 Å².